The number of esters is 1. The topological polar surface area (TPSA) is 147 Å². The van der Waals surface area contributed by atoms with E-state index < -0.39 is 28.9 Å². The lowest BCUT2D eigenvalue weighted by molar-refractivity contribution is -0.384. The number of nitro groups is 1. The molecule has 130 valence electrons. The number of carbonyl (C=O) groups is 2. The number of primary amides is 1. The fraction of sp³-hybridized carbons (Fsp3) is 0.200. The number of benzene rings is 1. The molecule has 10 nitrogen and oxygen atoms in total. The van der Waals surface area contributed by atoms with E-state index in [0.29, 0.717) is 5.56 Å². The molecule has 0 atom stereocenters. The molecule has 0 bridgehead atoms. The third-order valence-corrected chi connectivity index (χ3v) is 3.15. The van der Waals surface area contributed by atoms with E-state index >= 15 is 0 Å². The van der Waals surface area contributed by atoms with Crippen LogP contribution >= 0.6 is 0 Å². The van der Waals surface area contributed by atoms with Crippen LogP contribution in [-0.4, -0.2) is 33.2 Å². The van der Waals surface area contributed by atoms with Crippen LogP contribution in [0.3, 0.4) is 0 Å². The zero-order valence-corrected chi connectivity index (χ0v) is 13.2. The van der Waals surface area contributed by atoms with Crippen molar-refractivity contribution in [1.82, 2.24) is 9.78 Å². The van der Waals surface area contributed by atoms with Gasteiger partial charge in [0.15, 0.2) is 0 Å². The summed E-state index contributed by atoms with van der Waals surface area (Å²) in [5, 5.41) is 14.7. The largest absolute Gasteiger partial charge is 0.462 e. The Morgan fingerprint density at radius 3 is 2.48 bits per heavy atom. The molecule has 0 saturated carbocycles. The predicted octanol–water partition coefficient (Wildman–Crippen LogP) is 0.481. The van der Waals surface area contributed by atoms with Crippen LogP contribution < -0.4 is 11.3 Å². The van der Waals surface area contributed by atoms with Crippen LogP contribution in [0.4, 0.5) is 5.69 Å². The highest BCUT2D eigenvalue weighted by Crippen LogP contribution is 2.20. The highest BCUT2D eigenvalue weighted by atomic mass is 16.6. The number of non-ortho nitro benzene ring substituents is 1. The van der Waals surface area contributed by atoms with Crippen molar-refractivity contribution < 1.29 is 19.2 Å². The first kappa shape index (κ1) is 17.8. The first-order chi connectivity index (χ1) is 11.8. The number of amides is 1. The van der Waals surface area contributed by atoms with Gasteiger partial charge in [0.05, 0.1) is 17.2 Å². The van der Waals surface area contributed by atoms with E-state index in [9.17, 15) is 24.5 Å². The molecule has 0 aliphatic carbocycles. The summed E-state index contributed by atoms with van der Waals surface area (Å²) in [6.07, 6.45) is 0. The van der Waals surface area contributed by atoms with Crippen LogP contribution in [-0.2, 0) is 16.1 Å². The number of nitrogens with two attached hydrogens (primary N) is 1. The first-order valence-corrected chi connectivity index (χ1v) is 7.16. The van der Waals surface area contributed by atoms with Crippen LogP contribution in [0, 0.1) is 10.1 Å². The van der Waals surface area contributed by atoms with Crippen molar-refractivity contribution in [1.29, 1.82) is 0 Å². The van der Waals surface area contributed by atoms with Gasteiger partial charge in [-0.15, -0.1) is 0 Å². The summed E-state index contributed by atoms with van der Waals surface area (Å²) in [5.41, 5.74) is 4.41. The van der Waals surface area contributed by atoms with E-state index in [1.807, 2.05) is 0 Å². The number of hydrogen-bond acceptors (Lipinski definition) is 7. The van der Waals surface area contributed by atoms with E-state index in [-0.39, 0.29) is 23.6 Å². The van der Waals surface area contributed by atoms with Gasteiger partial charge in [-0.3, -0.25) is 19.7 Å². The lowest BCUT2D eigenvalue weighted by Crippen LogP contribution is -2.34. The summed E-state index contributed by atoms with van der Waals surface area (Å²) in [4.78, 5) is 45.5. The van der Waals surface area contributed by atoms with E-state index in [2.05, 4.69) is 5.10 Å². The standard InChI is InChI=1S/C15H14N4O6/c1-2-25-15(22)11-7-12(17-18(14(11)21)8-13(16)20)9-3-5-10(6-4-9)19(23)24/h3-7H,2,8H2,1H3,(H2,16,20). The van der Waals surface area contributed by atoms with Crippen LogP contribution in [0.15, 0.2) is 35.1 Å². The first-order valence-electron chi connectivity index (χ1n) is 7.16. The van der Waals surface area contributed by atoms with Crippen molar-refractivity contribution in [3.63, 3.8) is 0 Å². The van der Waals surface area contributed by atoms with Gasteiger partial charge in [-0.1, -0.05) is 0 Å². The lowest BCUT2D eigenvalue weighted by atomic mass is 10.1. The highest BCUT2D eigenvalue weighted by molar-refractivity contribution is 5.90. The molecular weight excluding hydrogens is 332 g/mol. The van der Waals surface area contributed by atoms with E-state index in [1.54, 1.807) is 6.92 Å². The number of nitro benzene ring substituents is 1. The second-order valence-corrected chi connectivity index (χ2v) is 4.90. The Bertz CT molecular complexity index is 888. The molecule has 2 rings (SSSR count). The molecule has 0 unspecified atom stereocenters. The summed E-state index contributed by atoms with van der Waals surface area (Å²) in [7, 11) is 0. The SMILES string of the molecule is CCOC(=O)c1cc(-c2ccc([N+](=O)[O-])cc2)nn(CC(N)=O)c1=O. The second kappa shape index (κ2) is 7.34. The molecule has 2 aromatic rings. The predicted molar refractivity (Wildman–Crippen MR) is 85.7 cm³/mol. The number of ether oxygens (including phenoxy) is 1. The minimum atomic E-state index is -0.865. The fourth-order valence-corrected chi connectivity index (χ4v) is 2.05. The molecule has 25 heavy (non-hydrogen) atoms. The van der Waals surface area contributed by atoms with Crippen molar-refractivity contribution in [2.75, 3.05) is 6.61 Å². The maximum atomic E-state index is 12.3. The summed E-state index contributed by atoms with van der Waals surface area (Å²) >= 11 is 0. The summed E-state index contributed by atoms with van der Waals surface area (Å²) in [6.45, 7) is 1.12. The average Bonchev–Trinajstić information content (AvgIpc) is 2.56. The van der Waals surface area contributed by atoms with Gasteiger partial charge in [0.25, 0.3) is 11.2 Å². The van der Waals surface area contributed by atoms with Crippen LogP contribution in [0.1, 0.15) is 17.3 Å². The van der Waals surface area contributed by atoms with Gasteiger partial charge in [0.1, 0.15) is 12.1 Å². The number of nitrogens with zero attached hydrogens (tertiary/aromatic N) is 3. The van der Waals surface area contributed by atoms with Gasteiger partial charge in [0.2, 0.25) is 5.91 Å². The van der Waals surface area contributed by atoms with Crippen molar-refractivity contribution >= 4 is 17.6 Å². The van der Waals surface area contributed by atoms with Crippen LogP contribution in [0.2, 0.25) is 0 Å². The van der Waals surface area contributed by atoms with Crippen molar-refractivity contribution in [2.24, 2.45) is 5.73 Å². The van der Waals surface area contributed by atoms with Gasteiger partial charge in [0, 0.05) is 17.7 Å². The molecule has 0 aliphatic heterocycles. The Balaban J connectivity index is 2.58. The van der Waals surface area contributed by atoms with E-state index in [1.165, 1.54) is 30.3 Å². The minimum Gasteiger partial charge on any atom is -0.462 e. The average molecular weight is 346 g/mol. The van der Waals surface area contributed by atoms with Crippen molar-refractivity contribution in [3.05, 3.63) is 56.4 Å². The van der Waals surface area contributed by atoms with Gasteiger partial charge in [-0.25, -0.2) is 9.48 Å². The summed E-state index contributed by atoms with van der Waals surface area (Å²) in [5.74, 6) is -1.68. The Labute approximate surface area is 141 Å². The minimum absolute atomic E-state index is 0.0588. The Hall–Kier alpha value is -3.56. The van der Waals surface area contributed by atoms with E-state index in [0.717, 1.165) is 4.68 Å². The molecule has 0 fully saturated rings. The monoisotopic (exact) mass is 346 g/mol. The Morgan fingerprint density at radius 2 is 1.96 bits per heavy atom. The number of rotatable bonds is 6. The maximum Gasteiger partial charge on any atom is 0.343 e. The zero-order chi connectivity index (χ0) is 18.6. The number of hydrogen-bond donors (Lipinski definition) is 1. The molecular formula is C15H14N4O6. The molecule has 1 heterocycles. The third-order valence-electron chi connectivity index (χ3n) is 3.15. The molecule has 1 amide bonds. The maximum absolute atomic E-state index is 12.3. The van der Waals surface area contributed by atoms with Crippen LogP contribution in [0.5, 0.6) is 0 Å². The number of aromatic nitrogens is 2. The third kappa shape index (κ3) is 4.05. The zero-order valence-electron chi connectivity index (χ0n) is 13.2. The summed E-state index contributed by atoms with van der Waals surface area (Å²) < 4.78 is 5.58. The van der Waals surface area contributed by atoms with Gasteiger partial charge in [-0.2, -0.15) is 5.10 Å². The lowest BCUT2D eigenvalue weighted by Gasteiger charge is -2.09. The molecule has 0 radical (unpaired) electrons. The van der Waals surface area contributed by atoms with Gasteiger partial charge >= 0.3 is 5.97 Å². The van der Waals surface area contributed by atoms with Gasteiger partial charge < -0.3 is 10.5 Å². The molecule has 0 spiro atoms. The summed E-state index contributed by atoms with van der Waals surface area (Å²) in [6, 6.07) is 6.54. The molecule has 0 aliphatic rings. The highest BCUT2D eigenvalue weighted by Gasteiger charge is 2.18. The number of carbonyl (C=O) groups excluding carboxylic acids is 2. The smallest absolute Gasteiger partial charge is 0.343 e. The van der Waals surface area contributed by atoms with Crippen LogP contribution in [0.25, 0.3) is 11.3 Å². The molecule has 0 saturated heterocycles. The quantitative estimate of drug-likeness (QED) is 0.454. The molecule has 2 N–H and O–H groups in total. The second-order valence-electron chi connectivity index (χ2n) is 4.90. The van der Waals surface area contributed by atoms with Crippen molar-refractivity contribution in [3.8, 4) is 11.3 Å². The molecule has 1 aromatic carbocycles. The molecule has 1 aromatic heterocycles. The van der Waals surface area contributed by atoms with E-state index in [4.69, 9.17) is 10.5 Å². The molecule has 10 heteroatoms. The Morgan fingerprint density at radius 1 is 1.32 bits per heavy atom. The van der Waals surface area contributed by atoms with Crippen molar-refractivity contribution in [2.45, 2.75) is 13.5 Å². The normalized spacial score (nSPS) is 10.3. The van der Waals surface area contributed by atoms with Gasteiger partial charge in [-0.05, 0) is 25.1 Å². The fourth-order valence-electron chi connectivity index (χ4n) is 2.05. The Kier molecular flexibility index (Phi) is 5.22.